The van der Waals surface area contributed by atoms with Gasteiger partial charge in [-0.1, -0.05) is 39.3 Å². The SMILES string of the molecule is CC1(C)C(NC(=O)c2ccc(N3CCC(CN4CCN(c5ccc6c(c5F)CN(C5CCC(=O)NC5=O)C6=O)CC4)CC3)cc2)C(C)(C)C1Oc1ccc(C#N)c(Cl)c1. The summed E-state index contributed by atoms with van der Waals surface area (Å²) in [5.41, 5.74) is 2.49. The summed E-state index contributed by atoms with van der Waals surface area (Å²) in [5, 5.41) is 15.1. The number of hydrogen-bond donors (Lipinski definition) is 2. The number of imide groups is 1. The average molecular weight is 824 g/mol. The van der Waals surface area contributed by atoms with E-state index in [0.29, 0.717) is 52.2 Å². The number of carbonyl (C=O) groups excluding carboxylic acids is 4. The lowest BCUT2D eigenvalue weighted by Crippen LogP contribution is -2.74. The minimum Gasteiger partial charge on any atom is -0.489 e. The molecule has 3 aromatic rings. The normalized spacial score (nSPS) is 24.3. The molecule has 4 aliphatic heterocycles. The Morgan fingerprint density at radius 3 is 2.27 bits per heavy atom. The van der Waals surface area contributed by atoms with E-state index in [4.69, 9.17) is 16.3 Å². The number of nitrogens with zero attached hydrogens (tertiary/aromatic N) is 5. The number of rotatable bonds is 9. The van der Waals surface area contributed by atoms with E-state index in [9.17, 15) is 24.4 Å². The minimum atomic E-state index is -0.774. The van der Waals surface area contributed by atoms with Crippen molar-refractivity contribution in [2.75, 3.05) is 55.6 Å². The van der Waals surface area contributed by atoms with Crippen LogP contribution < -0.4 is 25.2 Å². The summed E-state index contributed by atoms with van der Waals surface area (Å²) in [4.78, 5) is 59.0. The number of carbonyl (C=O) groups is 4. The van der Waals surface area contributed by atoms with Gasteiger partial charge in [0.1, 0.15) is 24.0 Å². The first-order valence-electron chi connectivity index (χ1n) is 20.6. The molecule has 59 heavy (non-hydrogen) atoms. The first kappa shape index (κ1) is 40.6. The van der Waals surface area contributed by atoms with Crippen LogP contribution in [0.15, 0.2) is 54.6 Å². The Labute approximate surface area is 349 Å². The number of piperidine rings is 2. The molecule has 3 saturated heterocycles. The molecule has 3 aromatic carbocycles. The average Bonchev–Trinajstić information content (AvgIpc) is 3.55. The van der Waals surface area contributed by atoms with Crippen LogP contribution in [0.5, 0.6) is 5.75 Å². The number of anilines is 2. The molecule has 5 aliphatic rings. The third kappa shape index (κ3) is 7.61. The van der Waals surface area contributed by atoms with Crippen LogP contribution in [0, 0.1) is 33.9 Å². The van der Waals surface area contributed by atoms with E-state index in [2.05, 4.69) is 54.2 Å². The van der Waals surface area contributed by atoms with Crippen LogP contribution in [0.1, 0.15) is 85.2 Å². The van der Waals surface area contributed by atoms with Crippen molar-refractivity contribution in [3.63, 3.8) is 0 Å². The molecule has 8 rings (SSSR count). The Bertz CT molecular complexity index is 2190. The van der Waals surface area contributed by atoms with Gasteiger partial charge in [0.2, 0.25) is 11.8 Å². The topological polar surface area (TPSA) is 138 Å². The number of piperazine rings is 1. The number of fused-ring (bicyclic) bond motifs is 1. The van der Waals surface area contributed by atoms with Crippen LogP contribution in [0.25, 0.3) is 0 Å². The van der Waals surface area contributed by atoms with E-state index in [-0.39, 0.29) is 65.6 Å². The first-order valence-corrected chi connectivity index (χ1v) is 21.0. The van der Waals surface area contributed by atoms with Crippen LogP contribution in [-0.2, 0) is 16.1 Å². The highest BCUT2D eigenvalue weighted by Gasteiger charge is 2.64. The van der Waals surface area contributed by atoms with Gasteiger partial charge in [-0.05, 0) is 73.7 Å². The van der Waals surface area contributed by atoms with Crippen molar-refractivity contribution in [3.05, 3.63) is 87.7 Å². The summed E-state index contributed by atoms with van der Waals surface area (Å²) in [6.45, 7) is 14.2. The molecule has 14 heteroatoms. The lowest BCUT2D eigenvalue weighted by molar-refractivity contribution is -0.164. The highest BCUT2D eigenvalue weighted by molar-refractivity contribution is 6.31. The van der Waals surface area contributed by atoms with Crippen molar-refractivity contribution in [1.29, 1.82) is 5.26 Å². The van der Waals surface area contributed by atoms with E-state index in [0.717, 1.165) is 51.3 Å². The van der Waals surface area contributed by atoms with Crippen molar-refractivity contribution in [2.24, 2.45) is 16.7 Å². The number of benzene rings is 3. The van der Waals surface area contributed by atoms with Gasteiger partial charge in [0.25, 0.3) is 11.8 Å². The number of nitriles is 1. The maximum Gasteiger partial charge on any atom is 0.255 e. The minimum absolute atomic E-state index is 0.0206. The van der Waals surface area contributed by atoms with Gasteiger partial charge in [0, 0.05) is 97.6 Å². The molecule has 1 atom stereocenters. The zero-order valence-electron chi connectivity index (χ0n) is 34.0. The van der Waals surface area contributed by atoms with Crippen molar-refractivity contribution < 1.29 is 28.3 Å². The zero-order valence-corrected chi connectivity index (χ0v) is 34.8. The number of amides is 4. The van der Waals surface area contributed by atoms with Gasteiger partial charge in [0.05, 0.1) is 22.8 Å². The lowest BCUT2D eigenvalue weighted by atomic mass is 9.49. The highest BCUT2D eigenvalue weighted by Crippen LogP contribution is 2.55. The van der Waals surface area contributed by atoms with Gasteiger partial charge in [-0.2, -0.15) is 5.26 Å². The summed E-state index contributed by atoms with van der Waals surface area (Å²) in [6, 6.07) is 17.5. The van der Waals surface area contributed by atoms with Gasteiger partial charge in [-0.3, -0.25) is 29.4 Å². The Morgan fingerprint density at radius 2 is 1.63 bits per heavy atom. The molecule has 0 radical (unpaired) electrons. The van der Waals surface area contributed by atoms with Crippen LogP contribution in [-0.4, -0.2) is 97.4 Å². The molecule has 1 saturated carbocycles. The van der Waals surface area contributed by atoms with E-state index < -0.39 is 17.8 Å². The van der Waals surface area contributed by atoms with Gasteiger partial charge < -0.3 is 24.8 Å². The van der Waals surface area contributed by atoms with Crippen LogP contribution in [0.3, 0.4) is 0 Å². The second-order valence-electron chi connectivity index (χ2n) is 17.9. The largest absolute Gasteiger partial charge is 0.489 e. The quantitative estimate of drug-likeness (QED) is 0.258. The molecule has 2 N–H and O–H groups in total. The van der Waals surface area contributed by atoms with Crippen molar-refractivity contribution in [3.8, 4) is 11.8 Å². The molecule has 0 bridgehead atoms. The molecular formula is C45H51ClFN7O5. The molecule has 4 heterocycles. The Balaban J connectivity index is 0.791. The fraction of sp³-hybridized carbons (Fsp3) is 0.489. The zero-order chi connectivity index (χ0) is 41.8. The predicted molar refractivity (Wildman–Crippen MR) is 222 cm³/mol. The summed E-state index contributed by atoms with van der Waals surface area (Å²) < 4.78 is 22.3. The Hall–Kier alpha value is -5.19. The van der Waals surface area contributed by atoms with Gasteiger partial charge in [-0.25, -0.2) is 4.39 Å². The molecule has 0 aromatic heterocycles. The molecule has 4 amide bonds. The lowest BCUT2D eigenvalue weighted by Gasteiger charge is -2.63. The maximum absolute atomic E-state index is 15.9. The summed E-state index contributed by atoms with van der Waals surface area (Å²) >= 11 is 6.25. The van der Waals surface area contributed by atoms with E-state index >= 15 is 4.39 Å². The fourth-order valence-corrected chi connectivity index (χ4v) is 10.6. The Morgan fingerprint density at radius 1 is 0.932 bits per heavy atom. The first-order chi connectivity index (χ1) is 28.1. The van der Waals surface area contributed by atoms with E-state index in [1.807, 2.05) is 29.2 Å². The van der Waals surface area contributed by atoms with Gasteiger partial charge >= 0.3 is 0 Å². The monoisotopic (exact) mass is 823 g/mol. The molecule has 12 nitrogen and oxygen atoms in total. The molecule has 310 valence electrons. The number of hydrogen-bond acceptors (Lipinski definition) is 9. The maximum atomic E-state index is 15.9. The third-order valence-electron chi connectivity index (χ3n) is 13.4. The smallest absolute Gasteiger partial charge is 0.255 e. The number of nitrogens with one attached hydrogen (secondary N) is 2. The van der Waals surface area contributed by atoms with E-state index in [1.54, 1.807) is 30.3 Å². The molecule has 1 unspecified atom stereocenters. The van der Waals surface area contributed by atoms with Gasteiger partial charge in [-0.15, -0.1) is 0 Å². The second-order valence-corrected chi connectivity index (χ2v) is 18.3. The molecule has 0 spiro atoms. The fourth-order valence-electron chi connectivity index (χ4n) is 10.4. The van der Waals surface area contributed by atoms with Crippen molar-refractivity contribution >= 4 is 46.6 Å². The number of halogens is 2. The molecule has 1 aliphatic carbocycles. The van der Waals surface area contributed by atoms with E-state index in [1.165, 1.54) is 4.90 Å². The van der Waals surface area contributed by atoms with Crippen LogP contribution in [0.2, 0.25) is 5.02 Å². The van der Waals surface area contributed by atoms with Crippen molar-refractivity contribution in [2.45, 2.75) is 78.1 Å². The summed E-state index contributed by atoms with van der Waals surface area (Å²) in [7, 11) is 0. The molecule has 4 fully saturated rings. The van der Waals surface area contributed by atoms with Crippen LogP contribution >= 0.6 is 11.6 Å². The second kappa shape index (κ2) is 15.8. The van der Waals surface area contributed by atoms with Gasteiger partial charge in [0.15, 0.2) is 5.82 Å². The van der Waals surface area contributed by atoms with Crippen molar-refractivity contribution in [1.82, 2.24) is 20.4 Å². The highest BCUT2D eigenvalue weighted by atomic mass is 35.5. The summed E-state index contributed by atoms with van der Waals surface area (Å²) in [6.07, 6.45) is 2.33. The summed E-state index contributed by atoms with van der Waals surface area (Å²) in [5.74, 6) is -0.602. The third-order valence-corrected chi connectivity index (χ3v) is 13.7. The Kier molecular flexibility index (Phi) is 10.8. The predicted octanol–water partition coefficient (Wildman–Crippen LogP) is 5.76. The standard InChI is InChI=1S/C45H51ClFN7O5/c1-44(2)42(45(3,4)43(44)59-31-10-7-29(24-48)34(46)23-31)50-39(56)28-5-8-30(9-6-28)52-17-15-27(16-18-52)25-51-19-21-53(22-20-51)35-12-11-32-33(38(35)47)26-54(41(32)58)36-13-14-37(55)49-40(36)57/h5-12,23,27,36,42-43H,13-22,25-26H2,1-4H3,(H,50,56)(H,49,55,57). The molecular weight excluding hydrogens is 773 g/mol. The van der Waals surface area contributed by atoms with Crippen LogP contribution in [0.4, 0.5) is 15.8 Å². The number of ether oxygens (including phenoxy) is 1.